The van der Waals surface area contributed by atoms with Gasteiger partial charge in [0.2, 0.25) is 0 Å². The first-order valence-electron chi connectivity index (χ1n) is 2.95. The monoisotopic (exact) mass is 161 g/mol. The van der Waals surface area contributed by atoms with Gasteiger partial charge in [0, 0.05) is 6.08 Å². The summed E-state index contributed by atoms with van der Waals surface area (Å²) in [5, 5.41) is 27.7. The van der Waals surface area contributed by atoms with Gasteiger partial charge in [-0.1, -0.05) is 0 Å². The van der Waals surface area contributed by atoms with Gasteiger partial charge >= 0.3 is 0 Å². The summed E-state index contributed by atoms with van der Waals surface area (Å²) in [7, 11) is 0. The molecule has 12 heavy (non-hydrogen) atoms. The molecule has 0 saturated heterocycles. The topological polar surface area (TPSA) is 96.9 Å². The highest BCUT2D eigenvalue weighted by molar-refractivity contribution is 5.96. The van der Waals surface area contributed by atoms with Crippen molar-refractivity contribution in [2.24, 2.45) is 0 Å². The van der Waals surface area contributed by atoms with Crippen LogP contribution in [0.2, 0.25) is 0 Å². The highest BCUT2D eigenvalue weighted by Gasteiger charge is 2.19. The number of hydrogen-bond acceptors (Lipinski definition) is 4. The van der Waals surface area contributed by atoms with Crippen LogP contribution < -0.4 is 5.32 Å². The van der Waals surface area contributed by atoms with Crippen LogP contribution in [-0.4, -0.2) is 11.0 Å². The fraction of sp³-hybridized carbons (Fsp3) is 0. The first-order chi connectivity index (χ1) is 5.69. The molecule has 0 fully saturated rings. The molecule has 1 heterocycles. The number of amides is 1. The van der Waals surface area contributed by atoms with Crippen LogP contribution in [0.5, 0.6) is 0 Å². The third-order valence-electron chi connectivity index (χ3n) is 1.25. The Hall–Kier alpha value is -2.27. The van der Waals surface area contributed by atoms with Gasteiger partial charge in [-0.15, -0.1) is 0 Å². The predicted octanol–water partition coefficient (Wildman–Crippen LogP) is -0.141. The number of aliphatic hydroxyl groups is 1. The Bertz CT molecular complexity index is 362. The lowest BCUT2D eigenvalue weighted by atomic mass is 10.2. The minimum atomic E-state index is -0.701. The minimum absolute atomic E-state index is 0.0440. The maximum absolute atomic E-state index is 10.6. The average Bonchev–Trinajstić information content (AvgIpc) is 2.35. The standard InChI is InChI=1S/C7H3N3O2/c8-2-4(3-9)5-1-6(11)7(12)10-5/h1,11H,(H,10,12). The van der Waals surface area contributed by atoms with Crippen molar-refractivity contribution in [2.75, 3.05) is 0 Å². The summed E-state index contributed by atoms with van der Waals surface area (Å²) in [5.41, 5.74) is -0.185. The molecule has 1 amide bonds. The Morgan fingerprint density at radius 3 is 2.42 bits per heavy atom. The van der Waals surface area contributed by atoms with E-state index in [2.05, 4.69) is 5.32 Å². The fourth-order valence-corrected chi connectivity index (χ4v) is 0.705. The average molecular weight is 161 g/mol. The number of nitrogens with one attached hydrogen (secondary N) is 1. The molecular formula is C7H3N3O2. The third kappa shape index (κ3) is 1.11. The summed E-state index contributed by atoms with van der Waals surface area (Å²) in [6, 6.07) is 3.17. The number of allylic oxidation sites excluding steroid dienone is 2. The van der Waals surface area contributed by atoms with Crippen molar-refractivity contribution in [1.29, 1.82) is 10.5 Å². The van der Waals surface area contributed by atoms with E-state index in [1.807, 2.05) is 0 Å². The van der Waals surface area contributed by atoms with Crippen LogP contribution in [0.15, 0.2) is 23.1 Å². The van der Waals surface area contributed by atoms with Gasteiger partial charge in [-0.3, -0.25) is 4.79 Å². The van der Waals surface area contributed by atoms with Crippen LogP contribution in [0.4, 0.5) is 0 Å². The molecule has 0 unspecified atom stereocenters. The molecule has 1 aliphatic rings. The molecular weight excluding hydrogens is 158 g/mol. The second-order valence-electron chi connectivity index (χ2n) is 2.00. The summed E-state index contributed by atoms with van der Waals surface area (Å²) in [5.74, 6) is -1.19. The Labute approximate surface area is 67.8 Å². The van der Waals surface area contributed by atoms with Gasteiger partial charge in [0.1, 0.15) is 12.1 Å². The van der Waals surface area contributed by atoms with Crippen LogP contribution in [0, 0.1) is 22.7 Å². The SMILES string of the molecule is N#CC(C#N)=C1C=C(O)C(=O)N1. The van der Waals surface area contributed by atoms with E-state index in [-0.39, 0.29) is 11.3 Å². The maximum atomic E-state index is 10.6. The summed E-state index contributed by atoms with van der Waals surface area (Å²) < 4.78 is 0. The molecule has 0 bridgehead atoms. The van der Waals surface area contributed by atoms with Crippen LogP contribution in [-0.2, 0) is 4.79 Å². The van der Waals surface area contributed by atoms with Crippen LogP contribution >= 0.6 is 0 Å². The van der Waals surface area contributed by atoms with Gasteiger partial charge < -0.3 is 10.4 Å². The number of rotatable bonds is 0. The van der Waals surface area contributed by atoms with Gasteiger partial charge in [0.25, 0.3) is 5.91 Å². The Morgan fingerprint density at radius 2 is 2.08 bits per heavy atom. The van der Waals surface area contributed by atoms with E-state index in [4.69, 9.17) is 15.6 Å². The molecule has 5 heteroatoms. The lowest BCUT2D eigenvalue weighted by Gasteiger charge is -1.92. The quantitative estimate of drug-likeness (QED) is 0.483. The molecule has 1 aliphatic heterocycles. The predicted molar refractivity (Wildman–Crippen MR) is 37.1 cm³/mol. The van der Waals surface area contributed by atoms with E-state index in [9.17, 15) is 4.79 Å². The van der Waals surface area contributed by atoms with Crippen molar-refractivity contribution in [3.05, 3.63) is 23.1 Å². The Morgan fingerprint density at radius 1 is 1.50 bits per heavy atom. The Kier molecular flexibility index (Phi) is 1.81. The number of nitriles is 2. The lowest BCUT2D eigenvalue weighted by Crippen LogP contribution is -2.16. The van der Waals surface area contributed by atoms with Crippen molar-refractivity contribution in [1.82, 2.24) is 5.32 Å². The van der Waals surface area contributed by atoms with Crippen LogP contribution in [0.25, 0.3) is 0 Å². The Balaban J connectivity index is 3.13. The fourth-order valence-electron chi connectivity index (χ4n) is 0.705. The molecule has 0 saturated carbocycles. The summed E-state index contributed by atoms with van der Waals surface area (Å²) >= 11 is 0. The summed E-state index contributed by atoms with van der Waals surface area (Å²) in [4.78, 5) is 10.6. The molecule has 0 atom stereocenters. The molecule has 0 aromatic carbocycles. The van der Waals surface area contributed by atoms with E-state index in [0.717, 1.165) is 6.08 Å². The molecule has 1 rings (SSSR count). The van der Waals surface area contributed by atoms with E-state index in [1.54, 1.807) is 12.1 Å². The molecule has 0 aromatic heterocycles. The number of aliphatic hydroxyl groups excluding tert-OH is 1. The molecule has 58 valence electrons. The summed E-state index contributed by atoms with van der Waals surface area (Å²) in [6.45, 7) is 0. The second kappa shape index (κ2) is 2.77. The molecule has 5 nitrogen and oxygen atoms in total. The molecule has 0 aliphatic carbocycles. The first kappa shape index (κ1) is 7.83. The van der Waals surface area contributed by atoms with E-state index < -0.39 is 11.7 Å². The van der Waals surface area contributed by atoms with Gasteiger partial charge in [0.15, 0.2) is 11.3 Å². The van der Waals surface area contributed by atoms with Crippen molar-refractivity contribution in [3.63, 3.8) is 0 Å². The zero-order chi connectivity index (χ0) is 9.14. The van der Waals surface area contributed by atoms with Gasteiger partial charge in [0.05, 0.1) is 5.70 Å². The highest BCUT2D eigenvalue weighted by atomic mass is 16.3. The number of carbonyl (C=O) groups excluding carboxylic acids is 1. The smallest absolute Gasteiger partial charge is 0.290 e. The van der Waals surface area contributed by atoms with Crippen molar-refractivity contribution in [2.45, 2.75) is 0 Å². The van der Waals surface area contributed by atoms with E-state index in [1.165, 1.54) is 0 Å². The van der Waals surface area contributed by atoms with Crippen LogP contribution in [0.3, 0.4) is 0 Å². The van der Waals surface area contributed by atoms with Crippen LogP contribution in [0.1, 0.15) is 0 Å². The molecule has 0 aromatic rings. The number of carbonyl (C=O) groups is 1. The van der Waals surface area contributed by atoms with Gasteiger partial charge in [-0.25, -0.2) is 0 Å². The minimum Gasteiger partial charge on any atom is -0.503 e. The zero-order valence-corrected chi connectivity index (χ0v) is 5.83. The van der Waals surface area contributed by atoms with Gasteiger partial charge in [-0.05, 0) is 0 Å². The van der Waals surface area contributed by atoms with E-state index >= 15 is 0 Å². The normalized spacial score (nSPS) is 14.3. The number of hydrogen-bond donors (Lipinski definition) is 2. The molecule has 0 radical (unpaired) electrons. The maximum Gasteiger partial charge on any atom is 0.290 e. The first-order valence-corrected chi connectivity index (χ1v) is 2.95. The molecule has 2 N–H and O–H groups in total. The largest absolute Gasteiger partial charge is 0.503 e. The number of nitrogens with zero attached hydrogens (tertiary/aromatic N) is 2. The molecule has 0 spiro atoms. The second-order valence-corrected chi connectivity index (χ2v) is 2.00. The van der Waals surface area contributed by atoms with Crippen molar-refractivity contribution in [3.8, 4) is 12.1 Å². The third-order valence-corrected chi connectivity index (χ3v) is 1.25. The zero-order valence-electron chi connectivity index (χ0n) is 5.83. The highest BCUT2D eigenvalue weighted by Crippen LogP contribution is 2.10. The van der Waals surface area contributed by atoms with E-state index in [0.29, 0.717) is 0 Å². The lowest BCUT2D eigenvalue weighted by molar-refractivity contribution is -0.118. The van der Waals surface area contributed by atoms with Crippen molar-refractivity contribution >= 4 is 5.91 Å². The van der Waals surface area contributed by atoms with Gasteiger partial charge in [-0.2, -0.15) is 10.5 Å². The summed E-state index contributed by atoms with van der Waals surface area (Å²) in [6.07, 6.45) is 1.05. The van der Waals surface area contributed by atoms with Crippen molar-refractivity contribution < 1.29 is 9.90 Å².